The first-order chi connectivity index (χ1) is 20.2. The molecule has 0 unspecified atom stereocenters. The number of carbonyl (C=O) groups excluding carboxylic acids is 3. The van der Waals surface area contributed by atoms with Gasteiger partial charge in [0.1, 0.15) is 6.04 Å². The summed E-state index contributed by atoms with van der Waals surface area (Å²) >= 11 is 1.02. The van der Waals surface area contributed by atoms with Crippen LogP contribution in [0.5, 0.6) is 0 Å². The third-order valence-electron chi connectivity index (χ3n) is 6.88. The third-order valence-corrected chi connectivity index (χ3v) is 7.88. The molecule has 17 heteroatoms. The molecule has 0 saturated carbocycles. The molecule has 2 heterocycles. The number of aromatic nitrogens is 1. The van der Waals surface area contributed by atoms with Crippen LogP contribution in [0.15, 0.2) is 24.3 Å². The van der Waals surface area contributed by atoms with Crippen LogP contribution < -0.4 is 32.6 Å². The predicted molar refractivity (Wildman–Crippen MR) is 156 cm³/mol. The fraction of sp³-hybridized carbons (Fsp3) is 0.538. The van der Waals surface area contributed by atoms with Gasteiger partial charge in [0, 0.05) is 32.6 Å². The van der Waals surface area contributed by atoms with Crippen molar-refractivity contribution in [3.8, 4) is 0 Å². The number of hydrogen-bond acceptors (Lipinski definition) is 10. The minimum absolute atomic E-state index is 0.00424. The highest BCUT2D eigenvalue weighted by molar-refractivity contribution is 7.25. The van der Waals surface area contributed by atoms with Crippen molar-refractivity contribution >= 4 is 46.1 Å². The number of halogens is 3. The maximum Gasteiger partial charge on any atom is 0.504 e. The summed E-state index contributed by atoms with van der Waals surface area (Å²) in [6, 6.07) is 2.23. The number of nitrogens with two attached hydrogens (primary N) is 3. The molecule has 0 saturated heterocycles. The highest BCUT2D eigenvalue weighted by Gasteiger charge is 2.44. The van der Waals surface area contributed by atoms with Crippen LogP contribution in [0.2, 0.25) is 0 Å². The first-order valence-corrected chi connectivity index (χ1v) is 14.6. The highest BCUT2D eigenvalue weighted by Crippen LogP contribution is 2.33. The molecule has 0 fully saturated rings. The van der Waals surface area contributed by atoms with Gasteiger partial charge in [-0.2, -0.15) is 13.2 Å². The number of carbonyl (C=O) groups is 3. The Hall–Kier alpha value is -3.09. The Kier molecular flexibility index (Phi) is 11.7. The Morgan fingerprint density at radius 1 is 1.12 bits per heavy atom. The van der Waals surface area contributed by atoms with Crippen molar-refractivity contribution in [2.24, 2.45) is 17.2 Å². The molecule has 43 heavy (non-hydrogen) atoms. The van der Waals surface area contributed by atoms with E-state index in [4.69, 9.17) is 21.9 Å². The van der Waals surface area contributed by atoms with Gasteiger partial charge in [-0.15, -0.1) is 11.3 Å². The number of amides is 3. The van der Waals surface area contributed by atoms with Crippen LogP contribution in [0.1, 0.15) is 49.9 Å². The fourth-order valence-electron chi connectivity index (χ4n) is 4.53. The van der Waals surface area contributed by atoms with Crippen molar-refractivity contribution in [3.63, 3.8) is 0 Å². The molecule has 0 radical (unpaired) electrons. The molecule has 3 amide bonds. The molecule has 12 nitrogen and oxygen atoms in total. The van der Waals surface area contributed by atoms with Gasteiger partial charge < -0.3 is 42.4 Å². The molecule has 1 aromatic carbocycles. The lowest BCUT2D eigenvalue weighted by atomic mass is 9.90. The monoisotopic (exact) mass is 627 g/mol. The van der Waals surface area contributed by atoms with Gasteiger partial charge in [-0.05, 0) is 50.8 Å². The molecule has 0 aliphatic carbocycles. The molecule has 0 spiro atoms. The molecule has 1 aliphatic heterocycles. The predicted octanol–water partition coefficient (Wildman–Crippen LogP) is 0.0243. The molecule has 9 N–H and O–H groups in total. The fourth-order valence-corrected chi connectivity index (χ4v) is 5.56. The lowest BCUT2D eigenvalue weighted by molar-refractivity contribution is -0.137. The average molecular weight is 627 g/mol. The van der Waals surface area contributed by atoms with E-state index in [1.807, 2.05) is 0 Å². The van der Waals surface area contributed by atoms with Gasteiger partial charge in [0.15, 0.2) is 5.13 Å². The Labute approximate surface area is 251 Å². The van der Waals surface area contributed by atoms with Crippen molar-refractivity contribution in [2.45, 2.75) is 63.4 Å². The molecule has 2 aromatic rings. The Morgan fingerprint density at radius 2 is 1.74 bits per heavy atom. The Bertz CT molecular complexity index is 1270. The van der Waals surface area contributed by atoms with Crippen LogP contribution in [0.4, 0.5) is 18.3 Å². The minimum atomic E-state index is -4.49. The van der Waals surface area contributed by atoms with E-state index in [1.165, 1.54) is 17.0 Å². The van der Waals surface area contributed by atoms with Gasteiger partial charge in [0.2, 0.25) is 17.7 Å². The molecule has 3 rings (SSSR count). The van der Waals surface area contributed by atoms with E-state index in [2.05, 4.69) is 15.6 Å². The lowest BCUT2D eigenvalue weighted by Crippen LogP contribution is -2.50. The van der Waals surface area contributed by atoms with Crippen molar-refractivity contribution < 1.29 is 37.2 Å². The summed E-state index contributed by atoms with van der Waals surface area (Å²) in [5.74, 6) is -1.58. The topological polar surface area (TPSA) is 199 Å². The van der Waals surface area contributed by atoms with Crippen LogP contribution >= 0.6 is 11.3 Å². The summed E-state index contributed by atoms with van der Waals surface area (Å²) in [4.78, 5) is 44.7. The van der Waals surface area contributed by atoms with E-state index in [1.54, 1.807) is 13.8 Å². The van der Waals surface area contributed by atoms with Gasteiger partial charge in [-0.1, -0.05) is 12.1 Å². The van der Waals surface area contributed by atoms with E-state index in [9.17, 15) is 32.6 Å². The van der Waals surface area contributed by atoms with Gasteiger partial charge >= 0.3 is 13.3 Å². The molecule has 1 aromatic heterocycles. The van der Waals surface area contributed by atoms with Crippen LogP contribution in [-0.2, 0) is 37.2 Å². The van der Waals surface area contributed by atoms with E-state index in [0.29, 0.717) is 29.1 Å². The first-order valence-electron chi connectivity index (χ1n) is 13.7. The van der Waals surface area contributed by atoms with Crippen molar-refractivity contribution in [2.75, 3.05) is 31.5 Å². The number of benzene rings is 1. The second kappa shape index (κ2) is 14.6. The van der Waals surface area contributed by atoms with Crippen molar-refractivity contribution in [3.05, 3.63) is 41.1 Å². The summed E-state index contributed by atoms with van der Waals surface area (Å²) < 4.78 is 44.8. The number of nitrogens with zero attached hydrogens (tertiary/aromatic N) is 2. The summed E-state index contributed by atoms with van der Waals surface area (Å²) in [6.07, 6.45) is -4.35. The van der Waals surface area contributed by atoms with Crippen LogP contribution in [-0.4, -0.2) is 78.0 Å². The van der Waals surface area contributed by atoms with E-state index >= 15 is 0 Å². The van der Waals surface area contributed by atoms with E-state index < -0.39 is 48.4 Å². The summed E-state index contributed by atoms with van der Waals surface area (Å²) in [5.41, 5.74) is 16.4. The van der Waals surface area contributed by atoms with Gasteiger partial charge in [-0.25, -0.2) is 4.98 Å². The zero-order valence-corrected chi connectivity index (χ0v) is 24.8. The van der Waals surface area contributed by atoms with Crippen molar-refractivity contribution in [1.29, 1.82) is 0 Å². The molecule has 2 atom stereocenters. The van der Waals surface area contributed by atoms with Crippen LogP contribution in [0, 0.1) is 0 Å². The normalized spacial score (nSPS) is 15.5. The van der Waals surface area contributed by atoms with Crippen LogP contribution in [0.3, 0.4) is 0 Å². The quantitative estimate of drug-likeness (QED) is 0.156. The molecule has 236 valence electrons. The number of thiazole rings is 1. The standard InChI is InChI=1S/C26H37BF3N7O5S/c1-25(2)20-21(27(41)42-25)43-24(35-20)36-23(40)18(9-5-15-3-6-16(7-4-15)26(28,29)30)34-22(39)17(33)8-10-19(38)37(13-11-31)14-12-32/h3-4,6-7,17-18,41H,5,8-14,31-33H2,1-2H3,(H,34,39)(H,35,36,40)/t17-,18+/m0/s1. The number of aryl methyl sites for hydroxylation is 1. The minimum Gasteiger partial charge on any atom is -0.422 e. The zero-order chi connectivity index (χ0) is 31.9. The second-order valence-corrected chi connectivity index (χ2v) is 11.6. The Morgan fingerprint density at radius 3 is 2.30 bits per heavy atom. The summed E-state index contributed by atoms with van der Waals surface area (Å²) in [6.45, 7) is 4.56. The second-order valence-electron chi connectivity index (χ2n) is 10.6. The number of fused-ring (bicyclic) bond motifs is 1. The van der Waals surface area contributed by atoms with E-state index in [-0.39, 0.29) is 49.8 Å². The van der Waals surface area contributed by atoms with Gasteiger partial charge in [0.25, 0.3) is 0 Å². The molecule has 0 bridgehead atoms. The van der Waals surface area contributed by atoms with Crippen molar-refractivity contribution in [1.82, 2.24) is 15.2 Å². The van der Waals surface area contributed by atoms with E-state index in [0.717, 1.165) is 23.5 Å². The average Bonchev–Trinajstić information content (AvgIpc) is 3.46. The smallest absolute Gasteiger partial charge is 0.422 e. The number of alkyl halides is 3. The summed E-state index contributed by atoms with van der Waals surface area (Å²) in [5, 5.41) is 15.6. The zero-order valence-electron chi connectivity index (χ0n) is 23.9. The lowest BCUT2D eigenvalue weighted by Gasteiger charge is -2.23. The largest absolute Gasteiger partial charge is 0.504 e. The van der Waals surface area contributed by atoms with Gasteiger partial charge in [-0.3, -0.25) is 14.4 Å². The number of hydrogen-bond donors (Lipinski definition) is 6. The number of anilines is 1. The molecular formula is C26H37BF3N7O5S. The number of rotatable bonds is 14. The number of nitrogens with one attached hydrogen (secondary N) is 2. The maximum atomic E-state index is 13.3. The van der Waals surface area contributed by atoms with Gasteiger partial charge in [0.05, 0.1) is 27.7 Å². The SMILES string of the molecule is CC1(C)OB(O)c2sc(NC(=O)[C@@H](CCc3ccc(C(F)(F)F)cc3)NC(=O)[C@@H](N)CCC(=O)N(CCN)CCN)nc21. The first kappa shape index (κ1) is 34.4. The Balaban J connectivity index is 1.70. The molecule has 1 aliphatic rings. The van der Waals surface area contributed by atoms with Crippen LogP contribution in [0.25, 0.3) is 0 Å². The summed E-state index contributed by atoms with van der Waals surface area (Å²) in [7, 11) is -1.20. The maximum absolute atomic E-state index is 13.3. The highest BCUT2D eigenvalue weighted by atomic mass is 32.1. The third kappa shape index (κ3) is 9.20. The molecular weight excluding hydrogens is 590 g/mol.